The summed E-state index contributed by atoms with van der Waals surface area (Å²) in [5, 5.41) is 8.00. The van der Waals surface area contributed by atoms with Crippen LogP contribution in [0, 0.1) is 19.3 Å². The Labute approximate surface area is 178 Å². The number of amides is 2. The summed E-state index contributed by atoms with van der Waals surface area (Å²) in [6.45, 7) is 2.10. The van der Waals surface area contributed by atoms with Crippen molar-refractivity contribution >= 4 is 34.9 Å². The van der Waals surface area contributed by atoms with Gasteiger partial charge in [-0.25, -0.2) is 4.68 Å². The van der Waals surface area contributed by atoms with E-state index in [9.17, 15) is 9.59 Å². The Hall–Kier alpha value is -3.56. The fourth-order valence-corrected chi connectivity index (χ4v) is 4.56. The van der Waals surface area contributed by atoms with Crippen molar-refractivity contribution < 1.29 is 9.59 Å². The number of carbonyl (C=O) groups excluding carboxylic acids is 2. The van der Waals surface area contributed by atoms with Crippen LogP contribution in [-0.2, 0) is 15.0 Å². The molecule has 2 amide bonds. The van der Waals surface area contributed by atoms with Crippen LogP contribution < -0.4 is 10.2 Å². The number of rotatable bonds is 2. The van der Waals surface area contributed by atoms with E-state index < -0.39 is 5.41 Å². The second kappa shape index (κ2) is 6.48. The van der Waals surface area contributed by atoms with Crippen molar-refractivity contribution in [2.24, 2.45) is 0 Å². The molecule has 1 spiro atoms. The van der Waals surface area contributed by atoms with Crippen LogP contribution in [0.15, 0.2) is 48.7 Å². The van der Waals surface area contributed by atoms with Crippen LogP contribution in [0.5, 0.6) is 0 Å². The third-order valence-corrected chi connectivity index (χ3v) is 6.00. The number of anilines is 2. The van der Waals surface area contributed by atoms with Gasteiger partial charge in [-0.1, -0.05) is 35.2 Å². The first-order valence-corrected chi connectivity index (χ1v) is 9.84. The molecule has 0 saturated heterocycles. The fourth-order valence-electron chi connectivity index (χ4n) is 4.43. The summed E-state index contributed by atoms with van der Waals surface area (Å²) in [4.78, 5) is 28.2. The molecule has 1 aromatic heterocycles. The van der Waals surface area contributed by atoms with Gasteiger partial charge in [-0.3, -0.25) is 14.5 Å². The highest BCUT2D eigenvalue weighted by Crippen LogP contribution is 2.52. The number of carbonyl (C=O) groups is 2. The van der Waals surface area contributed by atoms with Gasteiger partial charge in [-0.05, 0) is 42.8 Å². The lowest BCUT2D eigenvalue weighted by Gasteiger charge is -2.32. The number of aromatic nitrogens is 2. The minimum Gasteiger partial charge on any atom is -0.310 e. The van der Waals surface area contributed by atoms with Gasteiger partial charge in [-0.15, -0.1) is 6.42 Å². The van der Waals surface area contributed by atoms with E-state index in [1.165, 1.54) is 0 Å². The van der Waals surface area contributed by atoms with Gasteiger partial charge in [0, 0.05) is 22.7 Å². The highest BCUT2D eigenvalue weighted by atomic mass is 35.5. The average molecular weight is 417 g/mol. The molecule has 148 valence electrons. The lowest BCUT2D eigenvalue weighted by Crippen LogP contribution is -2.46. The fraction of sp³-hybridized carbons (Fsp3) is 0.174. The molecule has 1 atom stereocenters. The minimum atomic E-state index is -1.15. The molecule has 5 rings (SSSR count). The number of terminal acetylenes is 1. The van der Waals surface area contributed by atoms with Crippen LogP contribution in [0.4, 0.5) is 11.5 Å². The smallest absolute Gasteiger partial charge is 0.243 e. The molecule has 1 N–H and O–H groups in total. The number of halogens is 1. The van der Waals surface area contributed by atoms with Gasteiger partial charge >= 0.3 is 0 Å². The highest BCUT2D eigenvalue weighted by Gasteiger charge is 2.57. The van der Waals surface area contributed by atoms with E-state index in [1.807, 2.05) is 37.3 Å². The van der Waals surface area contributed by atoms with Gasteiger partial charge in [0.2, 0.25) is 11.8 Å². The number of hydrogen-bond acceptors (Lipinski definition) is 3. The molecule has 6 nitrogen and oxygen atoms in total. The molecule has 2 aromatic carbocycles. The first-order chi connectivity index (χ1) is 14.5. The number of benzene rings is 2. The minimum absolute atomic E-state index is 0.00265. The maximum absolute atomic E-state index is 13.7. The van der Waals surface area contributed by atoms with Gasteiger partial charge in [0.25, 0.3) is 0 Å². The third-order valence-electron chi connectivity index (χ3n) is 5.75. The van der Waals surface area contributed by atoms with Gasteiger partial charge in [-0.2, -0.15) is 5.10 Å². The van der Waals surface area contributed by atoms with Crippen molar-refractivity contribution in [3.8, 4) is 18.0 Å². The standard InChI is InChI=1S/C23H17ClN4O2/c1-3-10-27-19-9-4-14(2)11-17(19)23(22(27)30)12-20(29)26-21-18(23)13-25-28(21)16-7-5-15(24)6-8-16/h1,4-9,11,13H,10,12H2,2H3,(H,26,29)/t23-/m0/s1. The molecule has 2 aliphatic heterocycles. The molecular formula is C23H17ClN4O2. The Bertz CT molecular complexity index is 1260. The number of nitrogens with zero attached hydrogens (tertiary/aromatic N) is 3. The van der Waals surface area contributed by atoms with Gasteiger partial charge in [0.05, 0.1) is 18.4 Å². The van der Waals surface area contributed by atoms with Crippen molar-refractivity contribution in [1.29, 1.82) is 0 Å². The van der Waals surface area contributed by atoms with Crippen molar-refractivity contribution in [2.75, 3.05) is 16.8 Å². The summed E-state index contributed by atoms with van der Waals surface area (Å²) < 4.78 is 1.62. The van der Waals surface area contributed by atoms with E-state index in [0.29, 0.717) is 16.4 Å². The maximum atomic E-state index is 13.7. The van der Waals surface area contributed by atoms with Gasteiger partial charge in [0.15, 0.2) is 0 Å². The second-order valence-corrected chi connectivity index (χ2v) is 7.98. The summed E-state index contributed by atoms with van der Waals surface area (Å²) in [5.74, 6) is 2.59. The Balaban J connectivity index is 1.77. The van der Waals surface area contributed by atoms with Crippen molar-refractivity contribution in [3.05, 3.63) is 70.4 Å². The van der Waals surface area contributed by atoms with Crippen LogP contribution in [0.1, 0.15) is 23.1 Å². The van der Waals surface area contributed by atoms with E-state index in [1.54, 1.807) is 27.9 Å². The number of hydrogen-bond donors (Lipinski definition) is 1. The molecule has 3 heterocycles. The van der Waals surface area contributed by atoms with Crippen molar-refractivity contribution in [1.82, 2.24) is 9.78 Å². The van der Waals surface area contributed by atoms with Crippen molar-refractivity contribution in [2.45, 2.75) is 18.8 Å². The average Bonchev–Trinajstić information content (AvgIpc) is 3.23. The second-order valence-electron chi connectivity index (χ2n) is 7.54. The quantitative estimate of drug-likeness (QED) is 0.651. The topological polar surface area (TPSA) is 67.2 Å². The molecule has 3 aromatic rings. The number of aryl methyl sites for hydroxylation is 1. The zero-order valence-corrected chi connectivity index (χ0v) is 16.9. The summed E-state index contributed by atoms with van der Waals surface area (Å²) in [7, 11) is 0. The zero-order valence-electron chi connectivity index (χ0n) is 16.1. The lowest BCUT2D eigenvalue weighted by molar-refractivity contribution is -0.126. The summed E-state index contributed by atoms with van der Waals surface area (Å²) in [5.41, 5.74) is 2.77. The van der Waals surface area contributed by atoms with E-state index in [4.69, 9.17) is 18.0 Å². The molecule has 7 heteroatoms. The summed E-state index contributed by atoms with van der Waals surface area (Å²) in [6, 6.07) is 12.9. The third kappa shape index (κ3) is 2.42. The SMILES string of the molecule is C#CCN1C(=O)[C@@]2(CC(=O)Nc3c2cnn3-c2ccc(Cl)cc2)c2cc(C)ccc21. The van der Waals surface area contributed by atoms with Crippen molar-refractivity contribution in [3.63, 3.8) is 0 Å². The van der Waals surface area contributed by atoms with Crippen LogP contribution in [0.3, 0.4) is 0 Å². The maximum Gasteiger partial charge on any atom is 0.243 e. The Kier molecular flexibility index (Phi) is 3.99. The lowest BCUT2D eigenvalue weighted by atomic mass is 9.71. The van der Waals surface area contributed by atoms with Crippen LogP contribution in [-0.4, -0.2) is 28.1 Å². The molecular weight excluding hydrogens is 400 g/mol. The molecule has 0 bridgehead atoms. The summed E-state index contributed by atoms with van der Waals surface area (Å²) >= 11 is 6.01. The largest absolute Gasteiger partial charge is 0.310 e. The number of fused-ring (bicyclic) bond motifs is 4. The van der Waals surface area contributed by atoms with Crippen LogP contribution >= 0.6 is 11.6 Å². The van der Waals surface area contributed by atoms with Crippen LogP contribution in [0.2, 0.25) is 5.02 Å². The van der Waals surface area contributed by atoms with E-state index in [2.05, 4.69) is 16.3 Å². The Morgan fingerprint density at radius 2 is 1.97 bits per heavy atom. The summed E-state index contributed by atoms with van der Waals surface area (Å²) in [6.07, 6.45) is 7.20. The first-order valence-electron chi connectivity index (χ1n) is 9.46. The molecule has 30 heavy (non-hydrogen) atoms. The molecule has 0 radical (unpaired) electrons. The molecule has 0 saturated carbocycles. The highest BCUT2D eigenvalue weighted by molar-refractivity contribution is 6.30. The molecule has 2 aliphatic rings. The van der Waals surface area contributed by atoms with Crippen LogP contribution in [0.25, 0.3) is 5.69 Å². The van der Waals surface area contributed by atoms with E-state index in [0.717, 1.165) is 22.5 Å². The normalized spacial score (nSPS) is 19.4. The predicted octanol–water partition coefficient (Wildman–Crippen LogP) is 3.44. The molecule has 0 fully saturated rings. The van der Waals surface area contributed by atoms with E-state index >= 15 is 0 Å². The molecule has 0 unspecified atom stereocenters. The predicted molar refractivity (Wildman–Crippen MR) is 115 cm³/mol. The van der Waals surface area contributed by atoms with Gasteiger partial charge in [0.1, 0.15) is 11.2 Å². The molecule has 0 aliphatic carbocycles. The zero-order chi connectivity index (χ0) is 21.0. The van der Waals surface area contributed by atoms with E-state index in [-0.39, 0.29) is 24.8 Å². The monoisotopic (exact) mass is 416 g/mol. The Morgan fingerprint density at radius 3 is 2.70 bits per heavy atom. The first kappa shape index (κ1) is 18.5. The number of nitrogens with one attached hydrogen (secondary N) is 1. The van der Waals surface area contributed by atoms with Gasteiger partial charge < -0.3 is 5.32 Å². The Morgan fingerprint density at radius 1 is 1.20 bits per heavy atom.